The van der Waals surface area contributed by atoms with Crippen molar-refractivity contribution in [3.63, 3.8) is 0 Å². The van der Waals surface area contributed by atoms with Gasteiger partial charge in [0.15, 0.2) is 0 Å². The Hall–Kier alpha value is -1.03. The SMILES string of the molecule is O=C(O)c1cc(Br)ccc1[O-]. The standard InChI is InChI=1S/C7H5BrO3/c8-4-1-2-6(9)5(3-4)7(10)11/h1-3,9H,(H,10,11)/p-1. The van der Waals surface area contributed by atoms with Crippen LogP contribution in [0.25, 0.3) is 0 Å². The summed E-state index contributed by atoms with van der Waals surface area (Å²) in [5, 5.41) is 19.3. The summed E-state index contributed by atoms with van der Waals surface area (Å²) in [5.41, 5.74) is -0.209. The molecule has 0 spiro atoms. The monoisotopic (exact) mass is 215 g/mol. The van der Waals surface area contributed by atoms with Crippen LogP contribution >= 0.6 is 15.9 Å². The van der Waals surface area contributed by atoms with Gasteiger partial charge in [0.25, 0.3) is 0 Å². The maximum absolute atomic E-state index is 10.8. The lowest BCUT2D eigenvalue weighted by Gasteiger charge is -2.08. The van der Waals surface area contributed by atoms with Crippen LogP contribution in [0.3, 0.4) is 0 Å². The second kappa shape index (κ2) is 2.92. The number of hydrogen-bond donors (Lipinski definition) is 1. The van der Waals surface area contributed by atoms with Gasteiger partial charge in [-0.1, -0.05) is 27.7 Å². The molecular weight excluding hydrogens is 212 g/mol. The number of halogens is 1. The third-order valence-electron chi connectivity index (χ3n) is 1.17. The summed E-state index contributed by atoms with van der Waals surface area (Å²) < 4.78 is 0.592. The molecule has 0 fully saturated rings. The molecule has 0 radical (unpaired) electrons. The van der Waals surface area contributed by atoms with Gasteiger partial charge in [0.2, 0.25) is 0 Å². The van der Waals surface area contributed by atoms with Crippen LogP contribution in [0, 0.1) is 0 Å². The van der Waals surface area contributed by atoms with E-state index in [0.717, 1.165) is 0 Å². The highest BCUT2D eigenvalue weighted by Gasteiger charge is 2.02. The van der Waals surface area contributed by atoms with Crippen LogP contribution in [0.1, 0.15) is 10.4 Å². The molecule has 11 heavy (non-hydrogen) atoms. The topological polar surface area (TPSA) is 60.4 Å². The Morgan fingerprint density at radius 1 is 1.55 bits per heavy atom. The van der Waals surface area contributed by atoms with Crippen LogP contribution in [0.4, 0.5) is 0 Å². The predicted molar refractivity (Wildman–Crippen MR) is 40.5 cm³/mol. The fourth-order valence-corrected chi connectivity index (χ4v) is 1.03. The zero-order valence-electron chi connectivity index (χ0n) is 5.37. The molecular formula is C7H4BrO3-. The normalized spacial score (nSPS) is 9.55. The smallest absolute Gasteiger partial charge is 0.335 e. The lowest BCUT2D eigenvalue weighted by Crippen LogP contribution is -2.03. The molecule has 0 bridgehead atoms. The fourth-order valence-electron chi connectivity index (χ4n) is 0.669. The molecule has 1 N–H and O–H groups in total. The van der Waals surface area contributed by atoms with Gasteiger partial charge in [-0.15, -0.1) is 0 Å². The van der Waals surface area contributed by atoms with E-state index in [9.17, 15) is 9.90 Å². The van der Waals surface area contributed by atoms with Crippen molar-refractivity contribution < 1.29 is 15.0 Å². The van der Waals surface area contributed by atoms with Crippen LogP contribution < -0.4 is 5.11 Å². The summed E-state index contributed by atoms with van der Waals surface area (Å²) in [5.74, 6) is -1.67. The van der Waals surface area contributed by atoms with Gasteiger partial charge in [0.1, 0.15) is 0 Å². The Kier molecular flexibility index (Phi) is 2.14. The van der Waals surface area contributed by atoms with Gasteiger partial charge >= 0.3 is 5.97 Å². The van der Waals surface area contributed by atoms with Crippen molar-refractivity contribution in [1.29, 1.82) is 0 Å². The van der Waals surface area contributed by atoms with Crippen molar-refractivity contribution in [2.45, 2.75) is 0 Å². The number of aromatic carboxylic acids is 1. The van der Waals surface area contributed by atoms with Gasteiger partial charge in [0.05, 0.1) is 5.56 Å². The van der Waals surface area contributed by atoms with E-state index in [1.807, 2.05) is 0 Å². The molecule has 0 saturated carbocycles. The van der Waals surface area contributed by atoms with E-state index < -0.39 is 11.7 Å². The Bertz CT molecular complexity index is 296. The van der Waals surface area contributed by atoms with E-state index in [2.05, 4.69) is 15.9 Å². The van der Waals surface area contributed by atoms with Gasteiger partial charge in [-0.25, -0.2) is 4.79 Å². The van der Waals surface area contributed by atoms with Crippen molar-refractivity contribution in [2.75, 3.05) is 0 Å². The fraction of sp³-hybridized carbons (Fsp3) is 0. The second-order valence-electron chi connectivity index (χ2n) is 1.95. The van der Waals surface area contributed by atoms with Gasteiger partial charge < -0.3 is 10.2 Å². The van der Waals surface area contributed by atoms with Crippen LogP contribution in [0.15, 0.2) is 22.7 Å². The van der Waals surface area contributed by atoms with Gasteiger partial charge in [-0.05, 0) is 12.1 Å². The number of benzene rings is 1. The number of hydrogen-bond acceptors (Lipinski definition) is 2. The van der Waals surface area contributed by atoms with E-state index in [1.54, 1.807) is 0 Å². The summed E-state index contributed by atoms with van der Waals surface area (Å²) in [6.45, 7) is 0. The summed E-state index contributed by atoms with van der Waals surface area (Å²) in [6.07, 6.45) is 0. The summed E-state index contributed by atoms with van der Waals surface area (Å²) in [7, 11) is 0. The van der Waals surface area contributed by atoms with E-state index >= 15 is 0 Å². The van der Waals surface area contributed by atoms with Crippen molar-refractivity contribution in [1.82, 2.24) is 0 Å². The Morgan fingerprint density at radius 3 is 2.64 bits per heavy atom. The van der Waals surface area contributed by atoms with Gasteiger partial charge in [0, 0.05) is 4.47 Å². The maximum Gasteiger partial charge on any atom is 0.335 e. The first-order chi connectivity index (χ1) is 5.11. The van der Waals surface area contributed by atoms with Crippen LogP contribution in [-0.2, 0) is 0 Å². The highest BCUT2D eigenvalue weighted by Crippen LogP contribution is 2.19. The number of carboxylic acids is 1. The number of carboxylic acid groups (broad SMARTS) is 1. The molecule has 1 aromatic carbocycles. The Morgan fingerprint density at radius 2 is 2.18 bits per heavy atom. The van der Waals surface area contributed by atoms with E-state index in [4.69, 9.17) is 5.11 Å². The number of rotatable bonds is 1. The first-order valence-corrected chi connectivity index (χ1v) is 3.60. The third kappa shape index (κ3) is 1.71. The zero-order valence-corrected chi connectivity index (χ0v) is 6.96. The lowest BCUT2D eigenvalue weighted by atomic mass is 10.2. The molecule has 0 aromatic heterocycles. The minimum Gasteiger partial charge on any atom is -0.872 e. The lowest BCUT2D eigenvalue weighted by molar-refractivity contribution is -0.268. The molecule has 1 rings (SSSR count). The second-order valence-corrected chi connectivity index (χ2v) is 2.86. The zero-order chi connectivity index (χ0) is 8.43. The Labute approximate surface area is 71.4 Å². The molecule has 0 aliphatic rings. The Balaban J connectivity index is 3.23. The molecule has 0 aliphatic carbocycles. The van der Waals surface area contributed by atoms with Gasteiger partial charge in [-0.2, -0.15) is 0 Å². The minimum atomic E-state index is -1.20. The summed E-state index contributed by atoms with van der Waals surface area (Å²) >= 11 is 3.06. The van der Waals surface area contributed by atoms with Crippen molar-refractivity contribution in [3.05, 3.63) is 28.2 Å². The average Bonchev–Trinajstić information content (AvgIpc) is 1.94. The maximum atomic E-state index is 10.8. The van der Waals surface area contributed by atoms with Crippen LogP contribution in [0.2, 0.25) is 0 Å². The molecule has 3 nitrogen and oxygen atoms in total. The van der Waals surface area contributed by atoms with Gasteiger partial charge in [-0.3, -0.25) is 0 Å². The summed E-state index contributed by atoms with van der Waals surface area (Å²) in [4.78, 5) is 10.4. The summed E-state index contributed by atoms with van der Waals surface area (Å²) in [6, 6.07) is 4.01. The van der Waals surface area contributed by atoms with Crippen molar-refractivity contribution in [2.24, 2.45) is 0 Å². The molecule has 0 saturated heterocycles. The molecule has 0 unspecified atom stereocenters. The van der Waals surface area contributed by atoms with Crippen LogP contribution in [0.5, 0.6) is 5.75 Å². The molecule has 0 amide bonds. The highest BCUT2D eigenvalue weighted by molar-refractivity contribution is 9.10. The first kappa shape index (κ1) is 8.07. The molecule has 58 valence electrons. The molecule has 0 atom stereocenters. The molecule has 0 heterocycles. The van der Waals surface area contributed by atoms with Crippen LogP contribution in [-0.4, -0.2) is 11.1 Å². The third-order valence-corrected chi connectivity index (χ3v) is 1.67. The first-order valence-electron chi connectivity index (χ1n) is 2.81. The largest absolute Gasteiger partial charge is 0.872 e. The molecule has 0 aliphatic heterocycles. The van der Waals surface area contributed by atoms with E-state index in [0.29, 0.717) is 4.47 Å². The van der Waals surface area contributed by atoms with E-state index in [-0.39, 0.29) is 5.56 Å². The quantitative estimate of drug-likeness (QED) is 0.767. The number of carbonyl (C=O) groups is 1. The highest BCUT2D eigenvalue weighted by atomic mass is 79.9. The molecule has 4 heteroatoms. The molecule has 1 aromatic rings. The average molecular weight is 216 g/mol. The van der Waals surface area contributed by atoms with Crippen molar-refractivity contribution >= 4 is 21.9 Å². The van der Waals surface area contributed by atoms with Crippen molar-refractivity contribution in [3.8, 4) is 5.75 Å². The minimum absolute atomic E-state index is 0.209. The van der Waals surface area contributed by atoms with E-state index in [1.165, 1.54) is 18.2 Å². The predicted octanol–water partition coefficient (Wildman–Crippen LogP) is 1.22.